The summed E-state index contributed by atoms with van der Waals surface area (Å²) >= 11 is 12.4. The average molecular weight is 340 g/mol. The molecule has 1 N–H and O–H groups in total. The number of fused-ring (bicyclic) bond motifs is 1. The summed E-state index contributed by atoms with van der Waals surface area (Å²) in [5.41, 5.74) is 1.61. The van der Waals surface area contributed by atoms with Crippen molar-refractivity contribution >= 4 is 23.2 Å². The predicted octanol–water partition coefficient (Wildman–Crippen LogP) is 4.60. The normalized spacial score (nSPS) is 31.4. The van der Waals surface area contributed by atoms with Crippen LogP contribution in [0.4, 0.5) is 0 Å². The van der Waals surface area contributed by atoms with Gasteiger partial charge < -0.3 is 10.1 Å². The fourth-order valence-electron chi connectivity index (χ4n) is 4.35. The van der Waals surface area contributed by atoms with Crippen LogP contribution in [0.1, 0.15) is 31.7 Å². The lowest BCUT2D eigenvalue weighted by Crippen LogP contribution is -2.45. The van der Waals surface area contributed by atoms with Gasteiger partial charge in [0.25, 0.3) is 0 Å². The molecule has 1 aromatic rings. The van der Waals surface area contributed by atoms with Gasteiger partial charge in [-0.3, -0.25) is 0 Å². The molecule has 22 heavy (non-hydrogen) atoms. The first kappa shape index (κ1) is 16.3. The lowest BCUT2D eigenvalue weighted by Gasteiger charge is -2.37. The molecule has 0 spiro atoms. The van der Waals surface area contributed by atoms with Gasteiger partial charge in [-0.1, -0.05) is 35.3 Å². The van der Waals surface area contributed by atoms with Gasteiger partial charge >= 0.3 is 0 Å². The third kappa shape index (κ3) is 2.41. The Hall–Kier alpha value is -0.540. The Morgan fingerprint density at radius 3 is 2.91 bits per heavy atom. The average Bonchev–Trinajstić information content (AvgIpc) is 3.21. The zero-order valence-electron chi connectivity index (χ0n) is 13.0. The fourth-order valence-corrected chi connectivity index (χ4v) is 4.64. The topological polar surface area (TPSA) is 21.3 Å². The SMILES string of the molecule is C=CC[C@H](OCC)C12CNCC[C@@]1(c1ccc(Cl)c(Cl)c1)C2. The van der Waals surface area contributed by atoms with Crippen LogP contribution in [0.25, 0.3) is 0 Å². The molecular formula is C18H23Cl2NO. The molecular weight excluding hydrogens is 317 g/mol. The molecule has 4 heteroatoms. The van der Waals surface area contributed by atoms with Crippen LogP contribution in [0.2, 0.25) is 10.0 Å². The first-order valence-corrected chi connectivity index (χ1v) is 8.74. The summed E-state index contributed by atoms with van der Waals surface area (Å²) in [5.74, 6) is 0. The van der Waals surface area contributed by atoms with Crippen molar-refractivity contribution in [2.75, 3.05) is 19.7 Å². The number of piperidine rings is 1. The molecule has 0 bridgehead atoms. The molecule has 1 aromatic carbocycles. The van der Waals surface area contributed by atoms with E-state index in [-0.39, 0.29) is 16.9 Å². The van der Waals surface area contributed by atoms with Crippen molar-refractivity contribution < 1.29 is 4.74 Å². The van der Waals surface area contributed by atoms with Gasteiger partial charge in [-0.25, -0.2) is 0 Å². The van der Waals surface area contributed by atoms with E-state index in [0.29, 0.717) is 10.0 Å². The van der Waals surface area contributed by atoms with Crippen LogP contribution in [0.3, 0.4) is 0 Å². The van der Waals surface area contributed by atoms with Crippen molar-refractivity contribution in [1.82, 2.24) is 5.32 Å². The Balaban J connectivity index is 1.97. The minimum absolute atomic E-state index is 0.145. The molecule has 1 saturated heterocycles. The van der Waals surface area contributed by atoms with E-state index in [0.717, 1.165) is 39.0 Å². The van der Waals surface area contributed by atoms with Crippen molar-refractivity contribution in [1.29, 1.82) is 0 Å². The van der Waals surface area contributed by atoms with Crippen LogP contribution in [0.15, 0.2) is 30.9 Å². The van der Waals surface area contributed by atoms with Gasteiger partial charge in [-0.15, -0.1) is 6.58 Å². The van der Waals surface area contributed by atoms with Gasteiger partial charge in [0.05, 0.1) is 16.1 Å². The number of benzene rings is 1. The van der Waals surface area contributed by atoms with Crippen molar-refractivity contribution in [2.24, 2.45) is 5.41 Å². The summed E-state index contributed by atoms with van der Waals surface area (Å²) in [6.45, 7) is 8.73. The summed E-state index contributed by atoms with van der Waals surface area (Å²) in [4.78, 5) is 0. The zero-order valence-corrected chi connectivity index (χ0v) is 14.5. The molecule has 0 amide bonds. The largest absolute Gasteiger partial charge is 0.378 e. The number of hydrogen-bond donors (Lipinski definition) is 1. The van der Waals surface area contributed by atoms with Crippen LogP contribution < -0.4 is 5.32 Å². The third-order valence-corrected chi connectivity index (χ3v) is 6.19. The highest BCUT2D eigenvalue weighted by Gasteiger charge is 2.71. The lowest BCUT2D eigenvalue weighted by atomic mass is 9.77. The number of rotatable bonds is 6. The molecule has 0 radical (unpaired) electrons. The van der Waals surface area contributed by atoms with Crippen molar-refractivity contribution in [3.63, 3.8) is 0 Å². The van der Waals surface area contributed by atoms with E-state index in [1.807, 2.05) is 18.2 Å². The van der Waals surface area contributed by atoms with E-state index in [1.54, 1.807) is 0 Å². The molecule has 1 heterocycles. The lowest BCUT2D eigenvalue weighted by molar-refractivity contribution is -0.00384. The Bertz CT molecular complexity index is 576. The molecule has 0 aromatic heterocycles. The summed E-state index contributed by atoms with van der Waals surface area (Å²) in [6.07, 6.45) is 5.33. The van der Waals surface area contributed by atoms with Crippen LogP contribution in [0.5, 0.6) is 0 Å². The standard InChI is InChI=1S/C18H23Cl2NO/c1-3-5-16(22-4-2)18-11-17(18,8-9-21-12-18)13-6-7-14(19)15(20)10-13/h3,6-7,10,16,21H,1,4-5,8-9,11-12H2,2H3/t16-,17-,18?/m0/s1. The Labute approximate surface area is 142 Å². The summed E-state index contributed by atoms with van der Waals surface area (Å²) in [7, 11) is 0. The van der Waals surface area contributed by atoms with E-state index in [4.69, 9.17) is 27.9 Å². The highest BCUT2D eigenvalue weighted by Crippen LogP contribution is 2.70. The number of ether oxygens (including phenoxy) is 1. The monoisotopic (exact) mass is 339 g/mol. The molecule has 2 aliphatic rings. The number of nitrogens with one attached hydrogen (secondary N) is 1. The van der Waals surface area contributed by atoms with Crippen molar-refractivity contribution in [2.45, 2.75) is 37.7 Å². The molecule has 2 nitrogen and oxygen atoms in total. The van der Waals surface area contributed by atoms with Gasteiger partial charge in [0, 0.05) is 24.0 Å². The second kappa shape index (κ2) is 6.16. The molecule has 1 aliphatic heterocycles. The van der Waals surface area contributed by atoms with Crippen molar-refractivity contribution in [3.05, 3.63) is 46.5 Å². The molecule has 120 valence electrons. The molecule has 2 fully saturated rings. The summed E-state index contributed by atoms with van der Waals surface area (Å²) in [6, 6.07) is 6.11. The van der Waals surface area contributed by atoms with Gasteiger partial charge in [-0.2, -0.15) is 0 Å². The molecule has 1 saturated carbocycles. The molecule has 3 atom stereocenters. The van der Waals surface area contributed by atoms with Gasteiger partial charge in [0.1, 0.15) is 0 Å². The number of halogens is 2. The van der Waals surface area contributed by atoms with Crippen LogP contribution in [-0.2, 0) is 10.2 Å². The van der Waals surface area contributed by atoms with Crippen LogP contribution >= 0.6 is 23.2 Å². The van der Waals surface area contributed by atoms with Gasteiger partial charge in [-0.05, 0) is 50.4 Å². The number of hydrogen-bond acceptors (Lipinski definition) is 2. The smallest absolute Gasteiger partial charge is 0.0686 e. The predicted molar refractivity (Wildman–Crippen MR) is 92.9 cm³/mol. The summed E-state index contributed by atoms with van der Waals surface area (Å²) in [5, 5.41) is 4.82. The van der Waals surface area contributed by atoms with E-state index in [9.17, 15) is 0 Å². The zero-order chi connectivity index (χ0) is 15.8. The van der Waals surface area contributed by atoms with E-state index < -0.39 is 0 Å². The Kier molecular flexibility index (Phi) is 4.57. The first-order valence-electron chi connectivity index (χ1n) is 7.98. The minimum atomic E-state index is 0.145. The Morgan fingerprint density at radius 2 is 2.23 bits per heavy atom. The molecule has 1 unspecified atom stereocenters. The summed E-state index contributed by atoms with van der Waals surface area (Å²) < 4.78 is 6.10. The second-order valence-electron chi connectivity index (χ2n) is 6.44. The molecule has 1 aliphatic carbocycles. The van der Waals surface area contributed by atoms with E-state index in [2.05, 4.69) is 24.9 Å². The van der Waals surface area contributed by atoms with E-state index in [1.165, 1.54) is 5.56 Å². The van der Waals surface area contributed by atoms with Crippen LogP contribution in [-0.4, -0.2) is 25.8 Å². The highest BCUT2D eigenvalue weighted by atomic mass is 35.5. The van der Waals surface area contributed by atoms with Crippen molar-refractivity contribution in [3.8, 4) is 0 Å². The molecule has 3 rings (SSSR count). The fraction of sp³-hybridized carbons (Fsp3) is 0.556. The van der Waals surface area contributed by atoms with E-state index >= 15 is 0 Å². The second-order valence-corrected chi connectivity index (χ2v) is 7.25. The Morgan fingerprint density at radius 1 is 1.41 bits per heavy atom. The van der Waals surface area contributed by atoms with Gasteiger partial charge in [0.2, 0.25) is 0 Å². The maximum Gasteiger partial charge on any atom is 0.0686 e. The van der Waals surface area contributed by atoms with Gasteiger partial charge in [0.15, 0.2) is 0 Å². The van der Waals surface area contributed by atoms with Crippen LogP contribution in [0, 0.1) is 5.41 Å². The first-order chi connectivity index (χ1) is 10.6. The maximum atomic E-state index is 6.27. The third-order valence-electron chi connectivity index (χ3n) is 5.45. The highest BCUT2D eigenvalue weighted by molar-refractivity contribution is 6.42. The quantitative estimate of drug-likeness (QED) is 0.765. The maximum absolute atomic E-state index is 6.27. The minimum Gasteiger partial charge on any atom is -0.378 e.